The number of aromatic nitrogens is 4. The van der Waals surface area contributed by atoms with E-state index >= 15 is 0 Å². The third-order valence-electron chi connectivity index (χ3n) is 2.39. The molecule has 1 aromatic heterocycles. The van der Waals surface area contributed by atoms with Gasteiger partial charge >= 0.3 is 0 Å². The van der Waals surface area contributed by atoms with E-state index in [-0.39, 0.29) is 12.5 Å². The summed E-state index contributed by atoms with van der Waals surface area (Å²) in [7, 11) is 1.80. The predicted molar refractivity (Wildman–Crippen MR) is 47.2 cm³/mol. The molecule has 7 heteroatoms. The van der Waals surface area contributed by atoms with Gasteiger partial charge in [0.2, 0.25) is 5.91 Å². The highest BCUT2D eigenvalue weighted by Gasteiger charge is 2.25. The van der Waals surface area contributed by atoms with Gasteiger partial charge in [0, 0.05) is 20.1 Å². The molecular weight excluding hydrogens is 184 g/mol. The molecule has 1 aliphatic heterocycles. The van der Waals surface area contributed by atoms with Crippen molar-refractivity contribution >= 4 is 5.91 Å². The Labute approximate surface area is 81.1 Å². The van der Waals surface area contributed by atoms with Crippen molar-refractivity contribution in [1.29, 1.82) is 0 Å². The second-order valence-corrected chi connectivity index (χ2v) is 3.32. The first kappa shape index (κ1) is 9.07. The summed E-state index contributed by atoms with van der Waals surface area (Å²) in [5.74, 6) is 0.0313. The van der Waals surface area contributed by atoms with Crippen molar-refractivity contribution in [2.24, 2.45) is 0 Å². The first-order chi connectivity index (χ1) is 6.77. The van der Waals surface area contributed by atoms with Crippen LogP contribution in [0.5, 0.6) is 0 Å². The van der Waals surface area contributed by atoms with Crippen LogP contribution in [0.3, 0.4) is 0 Å². The average Bonchev–Trinajstić information content (AvgIpc) is 2.53. The topological polar surface area (TPSA) is 75.9 Å². The largest absolute Gasteiger partial charge is 0.339 e. The van der Waals surface area contributed by atoms with Gasteiger partial charge < -0.3 is 10.2 Å². The fourth-order valence-corrected chi connectivity index (χ4v) is 1.25. The summed E-state index contributed by atoms with van der Waals surface area (Å²) >= 11 is 0. The second-order valence-electron chi connectivity index (χ2n) is 3.32. The number of nitrogens with zero attached hydrogens (tertiary/aromatic N) is 5. The molecule has 2 rings (SSSR count). The minimum Gasteiger partial charge on any atom is -0.339 e. The van der Waals surface area contributed by atoms with Crippen molar-refractivity contribution in [2.75, 3.05) is 20.1 Å². The van der Waals surface area contributed by atoms with E-state index in [1.54, 1.807) is 11.9 Å². The van der Waals surface area contributed by atoms with Crippen LogP contribution in [0.15, 0.2) is 6.33 Å². The second kappa shape index (κ2) is 3.70. The zero-order chi connectivity index (χ0) is 9.97. The van der Waals surface area contributed by atoms with Crippen molar-refractivity contribution < 1.29 is 4.79 Å². The average molecular weight is 196 g/mol. The summed E-state index contributed by atoms with van der Waals surface area (Å²) in [6.07, 6.45) is 1.44. The minimum atomic E-state index is 0.0313. The molecule has 7 nitrogen and oxygen atoms in total. The minimum absolute atomic E-state index is 0.0313. The summed E-state index contributed by atoms with van der Waals surface area (Å²) in [4.78, 5) is 13.4. The lowest BCUT2D eigenvalue weighted by molar-refractivity contribution is -0.133. The standard InChI is InChI=1S/C7H12N6O/c1-12(6-2-8-3-6)7(14)4-13-5-9-10-11-13/h5-6,8H,2-4H2,1H3. The normalized spacial score (nSPS) is 16.4. The third kappa shape index (κ3) is 1.72. The van der Waals surface area contributed by atoms with E-state index in [2.05, 4.69) is 20.8 Å². The first-order valence-electron chi connectivity index (χ1n) is 4.44. The summed E-state index contributed by atoms with van der Waals surface area (Å²) in [6, 6.07) is 0.319. The maximum Gasteiger partial charge on any atom is 0.244 e. The molecule has 0 aliphatic carbocycles. The Bertz CT molecular complexity index is 306. The highest BCUT2D eigenvalue weighted by atomic mass is 16.2. The summed E-state index contributed by atoms with van der Waals surface area (Å²) in [5.41, 5.74) is 0. The van der Waals surface area contributed by atoms with Crippen molar-refractivity contribution in [2.45, 2.75) is 12.6 Å². The van der Waals surface area contributed by atoms with E-state index in [0.29, 0.717) is 6.04 Å². The molecule has 76 valence electrons. The maximum atomic E-state index is 11.6. The number of likely N-dealkylation sites (N-methyl/N-ethyl adjacent to an activating group) is 1. The van der Waals surface area contributed by atoms with Crippen LogP contribution < -0.4 is 5.32 Å². The van der Waals surface area contributed by atoms with E-state index in [1.165, 1.54) is 11.0 Å². The van der Waals surface area contributed by atoms with E-state index in [0.717, 1.165) is 13.1 Å². The van der Waals surface area contributed by atoms with Gasteiger partial charge in [0.05, 0.1) is 6.04 Å². The molecule has 1 saturated heterocycles. The molecular formula is C7H12N6O. The monoisotopic (exact) mass is 196 g/mol. The van der Waals surface area contributed by atoms with Gasteiger partial charge in [-0.25, -0.2) is 4.68 Å². The Kier molecular flexibility index (Phi) is 2.40. The lowest BCUT2D eigenvalue weighted by Gasteiger charge is -2.35. The number of hydrogen-bond donors (Lipinski definition) is 1. The van der Waals surface area contributed by atoms with Crippen molar-refractivity contribution in [3.05, 3.63) is 6.33 Å². The van der Waals surface area contributed by atoms with Crippen LogP contribution >= 0.6 is 0 Å². The van der Waals surface area contributed by atoms with Gasteiger partial charge in [0.25, 0.3) is 0 Å². The molecule has 1 fully saturated rings. The molecule has 0 aromatic carbocycles. The third-order valence-corrected chi connectivity index (χ3v) is 2.39. The molecule has 1 N–H and O–H groups in total. The Morgan fingerprint density at radius 1 is 1.71 bits per heavy atom. The van der Waals surface area contributed by atoms with Crippen molar-refractivity contribution in [3.63, 3.8) is 0 Å². The van der Waals surface area contributed by atoms with E-state index in [9.17, 15) is 4.79 Å². The Morgan fingerprint density at radius 3 is 3.00 bits per heavy atom. The lowest BCUT2D eigenvalue weighted by atomic mass is 10.1. The Hall–Kier alpha value is -1.50. The lowest BCUT2D eigenvalue weighted by Crippen LogP contribution is -2.57. The van der Waals surface area contributed by atoms with Crippen LogP contribution in [0, 0.1) is 0 Å². The first-order valence-corrected chi connectivity index (χ1v) is 4.44. The number of nitrogens with one attached hydrogen (secondary N) is 1. The van der Waals surface area contributed by atoms with Crippen LogP contribution in [0.25, 0.3) is 0 Å². The molecule has 1 aliphatic rings. The van der Waals surface area contributed by atoms with Crippen LogP contribution in [0.1, 0.15) is 0 Å². The van der Waals surface area contributed by atoms with Crippen LogP contribution in [-0.4, -0.2) is 57.2 Å². The van der Waals surface area contributed by atoms with Gasteiger partial charge in [-0.15, -0.1) is 5.10 Å². The number of tetrazole rings is 1. The van der Waals surface area contributed by atoms with Gasteiger partial charge in [0.15, 0.2) is 0 Å². The number of hydrogen-bond acceptors (Lipinski definition) is 5. The maximum absolute atomic E-state index is 11.6. The molecule has 0 unspecified atom stereocenters. The molecule has 0 spiro atoms. The predicted octanol–water partition coefficient (Wildman–Crippen LogP) is -1.90. The van der Waals surface area contributed by atoms with E-state index in [1.807, 2.05) is 0 Å². The molecule has 1 amide bonds. The van der Waals surface area contributed by atoms with Gasteiger partial charge in [0.1, 0.15) is 12.9 Å². The molecule has 0 atom stereocenters. The van der Waals surface area contributed by atoms with Gasteiger partial charge in [-0.3, -0.25) is 4.79 Å². The number of rotatable bonds is 3. The van der Waals surface area contributed by atoms with Crippen molar-refractivity contribution in [3.8, 4) is 0 Å². The molecule has 1 aromatic rings. The van der Waals surface area contributed by atoms with Crippen LogP contribution in [-0.2, 0) is 11.3 Å². The van der Waals surface area contributed by atoms with E-state index in [4.69, 9.17) is 0 Å². The highest BCUT2D eigenvalue weighted by molar-refractivity contribution is 5.76. The van der Waals surface area contributed by atoms with Crippen LogP contribution in [0.4, 0.5) is 0 Å². The fourth-order valence-electron chi connectivity index (χ4n) is 1.25. The highest BCUT2D eigenvalue weighted by Crippen LogP contribution is 2.02. The molecule has 0 radical (unpaired) electrons. The molecule has 0 bridgehead atoms. The Morgan fingerprint density at radius 2 is 2.50 bits per heavy atom. The molecule has 2 heterocycles. The van der Waals surface area contributed by atoms with Gasteiger partial charge in [-0.1, -0.05) is 0 Å². The number of carbonyl (C=O) groups is 1. The van der Waals surface area contributed by atoms with E-state index < -0.39 is 0 Å². The fraction of sp³-hybridized carbons (Fsp3) is 0.714. The van der Waals surface area contributed by atoms with Gasteiger partial charge in [-0.05, 0) is 10.4 Å². The van der Waals surface area contributed by atoms with Crippen LogP contribution in [0.2, 0.25) is 0 Å². The van der Waals surface area contributed by atoms with Crippen molar-refractivity contribution in [1.82, 2.24) is 30.4 Å². The zero-order valence-electron chi connectivity index (χ0n) is 7.92. The van der Waals surface area contributed by atoms with Gasteiger partial charge in [-0.2, -0.15) is 0 Å². The number of carbonyl (C=O) groups excluding carboxylic acids is 1. The zero-order valence-corrected chi connectivity index (χ0v) is 7.92. The Balaban J connectivity index is 1.88. The molecule has 14 heavy (non-hydrogen) atoms. The number of amides is 1. The quantitative estimate of drug-likeness (QED) is 0.611. The summed E-state index contributed by atoms with van der Waals surface area (Å²) in [6.45, 7) is 1.95. The summed E-state index contributed by atoms with van der Waals surface area (Å²) < 4.78 is 1.42. The smallest absolute Gasteiger partial charge is 0.244 e. The summed E-state index contributed by atoms with van der Waals surface area (Å²) in [5, 5.41) is 13.7. The SMILES string of the molecule is CN(C(=O)Cn1cnnn1)C1CNC1. The molecule has 0 saturated carbocycles.